The van der Waals surface area contributed by atoms with E-state index in [1.54, 1.807) is 20.8 Å². The Hall–Kier alpha value is -1.56. The zero-order chi connectivity index (χ0) is 22.9. The number of carbonyl (C=O) groups is 2. The molecule has 6 nitrogen and oxygen atoms in total. The molecule has 6 heteroatoms. The lowest BCUT2D eigenvalue weighted by molar-refractivity contribution is -0.156. The quantitative estimate of drug-likeness (QED) is 0.416. The monoisotopic (exact) mass is 425 g/mol. The lowest BCUT2D eigenvalue weighted by atomic mass is 9.86. The average molecular weight is 426 g/mol. The van der Waals surface area contributed by atoms with E-state index in [-0.39, 0.29) is 18.1 Å². The summed E-state index contributed by atoms with van der Waals surface area (Å²) in [5, 5.41) is 2.69. The molecule has 1 saturated heterocycles. The van der Waals surface area contributed by atoms with Crippen LogP contribution in [0, 0.1) is 11.8 Å². The highest BCUT2D eigenvalue weighted by atomic mass is 16.6. The van der Waals surface area contributed by atoms with E-state index in [2.05, 4.69) is 25.7 Å². The van der Waals surface area contributed by atoms with E-state index >= 15 is 0 Å². The van der Waals surface area contributed by atoms with Gasteiger partial charge in [-0.25, -0.2) is 9.59 Å². The molecule has 1 heterocycles. The molecule has 1 aliphatic heterocycles. The van der Waals surface area contributed by atoms with Crippen molar-refractivity contribution in [2.24, 2.45) is 11.8 Å². The van der Waals surface area contributed by atoms with Crippen LogP contribution >= 0.6 is 0 Å². The number of esters is 1. The standard InChI is InChI=1S/C24H43NO5/c1-16(2)12-13-19-18(5)29-22(26)20(25-23(27)30-24(6,7)8)10-9-11-21(19)28-15-14-17(3)4/h16,18-21H,3,9-15H2,1-2,4-8H3,(H,25,27). The Kier molecular flexibility index (Phi) is 10.9. The molecule has 1 N–H and O–H groups in total. The summed E-state index contributed by atoms with van der Waals surface area (Å²) in [4.78, 5) is 25.0. The predicted octanol–water partition coefficient (Wildman–Crippen LogP) is 5.40. The third-order valence-electron chi connectivity index (χ3n) is 5.28. The lowest BCUT2D eigenvalue weighted by Crippen LogP contribution is -2.45. The van der Waals surface area contributed by atoms with Gasteiger partial charge in [0.25, 0.3) is 0 Å². The second-order valence-electron chi connectivity index (χ2n) is 10.0. The SMILES string of the molecule is C=C(C)CCOC1CCCC(NC(=O)OC(C)(C)C)C(=O)OC(C)C1CCC(C)C. The van der Waals surface area contributed by atoms with Crippen LogP contribution < -0.4 is 5.32 Å². The summed E-state index contributed by atoms with van der Waals surface area (Å²) in [5.74, 6) is 0.297. The molecule has 174 valence electrons. The van der Waals surface area contributed by atoms with Crippen LogP contribution in [0.3, 0.4) is 0 Å². The van der Waals surface area contributed by atoms with E-state index in [1.807, 2.05) is 13.8 Å². The van der Waals surface area contributed by atoms with Crippen molar-refractivity contribution in [3.05, 3.63) is 12.2 Å². The van der Waals surface area contributed by atoms with Gasteiger partial charge in [-0.1, -0.05) is 25.8 Å². The summed E-state index contributed by atoms with van der Waals surface area (Å²) in [6, 6.07) is -0.706. The summed E-state index contributed by atoms with van der Waals surface area (Å²) < 4.78 is 17.4. The smallest absolute Gasteiger partial charge is 0.408 e. The fourth-order valence-corrected chi connectivity index (χ4v) is 3.63. The summed E-state index contributed by atoms with van der Waals surface area (Å²) >= 11 is 0. The van der Waals surface area contributed by atoms with Crippen LogP contribution in [0.15, 0.2) is 12.2 Å². The van der Waals surface area contributed by atoms with Crippen LogP contribution in [0.1, 0.15) is 87.0 Å². The van der Waals surface area contributed by atoms with Crippen LogP contribution in [-0.4, -0.2) is 42.5 Å². The molecule has 0 aromatic carbocycles. The first-order valence-corrected chi connectivity index (χ1v) is 11.3. The predicted molar refractivity (Wildman–Crippen MR) is 119 cm³/mol. The van der Waals surface area contributed by atoms with Crippen molar-refractivity contribution in [3.8, 4) is 0 Å². The van der Waals surface area contributed by atoms with Crippen LogP contribution in [0.5, 0.6) is 0 Å². The number of hydrogen-bond donors (Lipinski definition) is 1. The van der Waals surface area contributed by atoms with Gasteiger partial charge in [0.05, 0.1) is 12.7 Å². The van der Waals surface area contributed by atoms with Crippen molar-refractivity contribution >= 4 is 12.1 Å². The van der Waals surface area contributed by atoms with Crippen LogP contribution in [-0.2, 0) is 19.0 Å². The summed E-state index contributed by atoms with van der Waals surface area (Å²) in [6.07, 6.45) is 4.04. The largest absolute Gasteiger partial charge is 0.461 e. The van der Waals surface area contributed by atoms with Crippen LogP contribution in [0.25, 0.3) is 0 Å². The Bertz CT molecular complexity index is 566. The second-order valence-corrected chi connectivity index (χ2v) is 10.0. The third-order valence-corrected chi connectivity index (χ3v) is 5.28. The highest BCUT2D eigenvalue weighted by Gasteiger charge is 2.35. The minimum atomic E-state index is -0.706. The molecule has 4 atom stereocenters. The Morgan fingerprint density at radius 2 is 1.97 bits per heavy atom. The molecule has 1 aliphatic rings. The first-order chi connectivity index (χ1) is 13.9. The van der Waals surface area contributed by atoms with Gasteiger partial charge in [0.2, 0.25) is 0 Å². The molecule has 30 heavy (non-hydrogen) atoms. The van der Waals surface area contributed by atoms with Crippen molar-refractivity contribution in [2.75, 3.05) is 6.61 Å². The number of carbonyl (C=O) groups excluding carboxylic acids is 2. The number of rotatable bonds is 8. The van der Waals surface area contributed by atoms with E-state index in [0.29, 0.717) is 18.9 Å². The molecule has 0 aromatic rings. The Morgan fingerprint density at radius 1 is 1.30 bits per heavy atom. The zero-order valence-electron chi connectivity index (χ0n) is 20.1. The molecule has 4 unspecified atom stereocenters. The van der Waals surface area contributed by atoms with Gasteiger partial charge in [0, 0.05) is 5.92 Å². The number of cyclic esters (lactones) is 1. The van der Waals surface area contributed by atoms with Gasteiger partial charge in [-0.05, 0) is 72.6 Å². The molecule has 1 rings (SSSR count). The number of nitrogens with one attached hydrogen (secondary N) is 1. The second kappa shape index (κ2) is 12.3. The Balaban J connectivity index is 2.88. The fourth-order valence-electron chi connectivity index (χ4n) is 3.63. The van der Waals surface area contributed by atoms with Crippen molar-refractivity contribution in [1.29, 1.82) is 0 Å². The van der Waals surface area contributed by atoms with Crippen LogP contribution in [0.2, 0.25) is 0 Å². The van der Waals surface area contributed by atoms with Gasteiger partial charge >= 0.3 is 12.1 Å². The fraction of sp³-hybridized carbons (Fsp3) is 0.833. The molecule has 0 aliphatic carbocycles. The van der Waals surface area contributed by atoms with E-state index in [0.717, 1.165) is 37.7 Å². The Labute approximate surface area is 183 Å². The molecular weight excluding hydrogens is 382 g/mol. The normalized spacial score (nSPS) is 25.7. The van der Waals surface area contributed by atoms with E-state index in [1.165, 1.54) is 0 Å². The van der Waals surface area contributed by atoms with Gasteiger partial charge in [0.1, 0.15) is 17.7 Å². The van der Waals surface area contributed by atoms with Gasteiger partial charge in [-0.3, -0.25) is 0 Å². The number of amides is 1. The highest BCUT2D eigenvalue weighted by Crippen LogP contribution is 2.29. The van der Waals surface area contributed by atoms with Gasteiger partial charge in [-0.15, -0.1) is 6.58 Å². The Morgan fingerprint density at radius 3 is 2.53 bits per heavy atom. The minimum Gasteiger partial charge on any atom is -0.461 e. The van der Waals surface area contributed by atoms with E-state index in [4.69, 9.17) is 14.2 Å². The molecule has 1 fully saturated rings. The van der Waals surface area contributed by atoms with Crippen molar-refractivity contribution in [3.63, 3.8) is 0 Å². The molecule has 0 aromatic heterocycles. The topological polar surface area (TPSA) is 73.9 Å². The maximum atomic E-state index is 12.8. The minimum absolute atomic E-state index is 0.0196. The molecule has 0 spiro atoms. The average Bonchev–Trinajstić information content (AvgIpc) is 2.62. The third kappa shape index (κ3) is 10.5. The number of alkyl carbamates (subject to hydrolysis) is 1. The van der Waals surface area contributed by atoms with Gasteiger partial charge in [-0.2, -0.15) is 0 Å². The maximum Gasteiger partial charge on any atom is 0.408 e. The molecule has 0 bridgehead atoms. The molecular formula is C24H43NO5. The van der Waals surface area contributed by atoms with Gasteiger partial charge in [0.15, 0.2) is 0 Å². The summed E-state index contributed by atoms with van der Waals surface area (Å²) in [7, 11) is 0. The maximum absolute atomic E-state index is 12.8. The van der Waals surface area contributed by atoms with Crippen molar-refractivity contribution < 1.29 is 23.8 Å². The highest BCUT2D eigenvalue weighted by molar-refractivity contribution is 5.81. The van der Waals surface area contributed by atoms with Crippen molar-refractivity contribution in [2.45, 2.75) is 111 Å². The zero-order valence-corrected chi connectivity index (χ0v) is 20.1. The van der Waals surface area contributed by atoms with E-state index < -0.39 is 23.7 Å². The van der Waals surface area contributed by atoms with Gasteiger partial charge < -0.3 is 19.5 Å². The molecule has 0 saturated carbocycles. The number of hydrogen-bond acceptors (Lipinski definition) is 5. The molecule has 1 amide bonds. The summed E-state index contributed by atoms with van der Waals surface area (Å²) in [5.41, 5.74) is 0.474. The van der Waals surface area contributed by atoms with E-state index in [9.17, 15) is 9.59 Å². The first kappa shape index (κ1) is 26.5. The first-order valence-electron chi connectivity index (χ1n) is 11.3. The lowest BCUT2D eigenvalue weighted by Gasteiger charge is -2.31. The summed E-state index contributed by atoms with van der Waals surface area (Å²) in [6.45, 7) is 18.3. The number of ether oxygens (including phenoxy) is 3. The molecule has 0 radical (unpaired) electrons. The van der Waals surface area contributed by atoms with Crippen molar-refractivity contribution in [1.82, 2.24) is 5.32 Å². The van der Waals surface area contributed by atoms with Crippen LogP contribution in [0.4, 0.5) is 4.79 Å².